The van der Waals surface area contributed by atoms with Crippen LogP contribution >= 0.6 is 22.9 Å². The number of likely N-dealkylation sites (tertiary alicyclic amines) is 1. The van der Waals surface area contributed by atoms with Crippen LogP contribution < -0.4 is 16.4 Å². The molecule has 1 aliphatic heterocycles. The number of hydrogen-bond donors (Lipinski definition) is 3. The molecule has 0 spiro atoms. The van der Waals surface area contributed by atoms with E-state index >= 15 is 0 Å². The number of hydrogen-bond acceptors (Lipinski definition) is 9. The molecule has 15 heteroatoms. The lowest BCUT2D eigenvalue weighted by atomic mass is 10.1. The summed E-state index contributed by atoms with van der Waals surface area (Å²) in [7, 11) is 0. The second kappa shape index (κ2) is 10.9. The molecule has 0 saturated carbocycles. The minimum Gasteiger partial charge on any atom is -0.383 e. The van der Waals surface area contributed by atoms with Gasteiger partial charge in [-0.2, -0.15) is 13.2 Å². The van der Waals surface area contributed by atoms with Gasteiger partial charge in [0.2, 0.25) is 0 Å². The summed E-state index contributed by atoms with van der Waals surface area (Å²) in [5, 5.41) is 4.93. The van der Waals surface area contributed by atoms with Crippen molar-refractivity contribution < 1.29 is 22.8 Å². The van der Waals surface area contributed by atoms with Gasteiger partial charge in [0.05, 0.1) is 22.8 Å². The van der Waals surface area contributed by atoms with E-state index < -0.39 is 34.6 Å². The molecule has 1 saturated heterocycles. The molecule has 196 valence electrons. The number of halogens is 4. The van der Waals surface area contributed by atoms with Gasteiger partial charge in [0.1, 0.15) is 33.5 Å². The summed E-state index contributed by atoms with van der Waals surface area (Å²) in [4.78, 5) is 43.9. The van der Waals surface area contributed by atoms with Crippen molar-refractivity contribution in [1.82, 2.24) is 30.2 Å². The highest BCUT2D eigenvalue weighted by Gasteiger charge is 2.34. The summed E-state index contributed by atoms with van der Waals surface area (Å²) in [6.07, 6.45) is 0.748. The van der Waals surface area contributed by atoms with Gasteiger partial charge in [-0.05, 0) is 38.9 Å². The van der Waals surface area contributed by atoms with Gasteiger partial charge in [-0.1, -0.05) is 11.6 Å². The Morgan fingerprint density at radius 1 is 1.16 bits per heavy atom. The van der Waals surface area contributed by atoms with Gasteiger partial charge in [0, 0.05) is 18.3 Å². The van der Waals surface area contributed by atoms with Crippen LogP contribution in [0.5, 0.6) is 0 Å². The topological polar surface area (TPSA) is 139 Å². The van der Waals surface area contributed by atoms with Gasteiger partial charge in [-0.15, -0.1) is 11.3 Å². The fraction of sp³-hybridized carbons (Fsp3) is 0.364. The van der Waals surface area contributed by atoms with Crippen molar-refractivity contribution >= 4 is 46.4 Å². The van der Waals surface area contributed by atoms with Crippen LogP contribution in [0.1, 0.15) is 62.1 Å². The predicted octanol–water partition coefficient (Wildman–Crippen LogP) is 3.92. The minimum absolute atomic E-state index is 0.113. The largest absolute Gasteiger partial charge is 0.418 e. The van der Waals surface area contributed by atoms with Gasteiger partial charge >= 0.3 is 6.18 Å². The molecule has 4 heterocycles. The van der Waals surface area contributed by atoms with Crippen molar-refractivity contribution in [2.45, 2.75) is 38.5 Å². The van der Waals surface area contributed by atoms with Crippen molar-refractivity contribution in [3.05, 3.63) is 56.5 Å². The molecule has 0 aromatic carbocycles. The SMILES string of the molecule is C[C@@H](NC(=O)c1ncnc(N)c1CN1CCCC1)c1ncc(C(=O)Nc2cc(C(F)(F)F)c(Cl)cn2)s1. The Kier molecular flexibility index (Phi) is 7.90. The Balaban J connectivity index is 1.44. The Bertz CT molecular complexity index is 1310. The van der Waals surface area contributed by atoms with Crippen LogP contribution in [0, 0.1) is 0 Å². The standard InChI is InChI=1S/C22H22ClF3N8O2S/c1-11(32-20(36)17-12(18(27)31-10-30-17)9-34-4-2-3-5-34)21-29-8-15(37-21)19(35)33-16-6-13(22(24,25)26)14(23)7-28-16/h6-8,10-11H,2-5,9H2,1H3,(H,32,36)(H2,27,30,31)(H,28,33,35)/t11-/m1/s1. The van der Waals surface area contributed by atoms with E-state index in [2.05, 4.69) is 35.5 Å². The number of carbonyl (C=O) groups is 2. The number of nitrogens with zero attached hydrogens (tertiary/aromatic N) is 5. The number of carbonyl (C=O) groups excluding carboxylic acids is 2. The Labute approximate surface area is 218 Å². The average Bonchev–Trinajstić information content (AvgIpc) is 3.53. The number of pyridine rings is 1. The molecule has 0 radical (unpaired) electrons. The van der Waals surface area contributed by atoms with E-state index in [-0.39, 0.29) is 22.2 Å². The van der Waals surface area contributed by atoms with Crippen LogP contribution in [0.2, 0.25) is 5.02 Å². The summed E-state index contributed by atoms with van der Waals surface area (Å²) in [6.45, 7) is 3.94. The number of nitrogen functional groups attached to an aromatic ring is 1. The molecule has 0 bridgehead atoms. The van der Waals surface area contributed by atoms with Gasteiger partial charge in [0.25, 0.3) is 11.8 Å². The molecule has 0 aliphatic carbocycles. The predicted molar refractivity (Wildman–Crippen MR) is 131 cm³/mol. The van der Waals surface area contributed by atoms with E-state index in [0.717, 1.165) is 43.5 Å². The summed E-state index contributed by atoms with van der Waals surface area (Å²) in [5.41, 5.74) is 5.62. The summed E-state index contributed by atoms with van der Waals surface area (Å²) >= 11 is 6.54. The van der Waals surface area contributed by atoms with Crippen LogP contribution in [-0.4, -0.2) is 49.7 Å². The third-order valence-corrected chi connectivity index (χ3v) is 7.12. The maximum atomic E-state index is 13.1. The van der Waals surface area contributed by atoms with Crippen molar-refractivity contribution in [2.75, 3.05) is 24.1 Å². The van der Waals surface area contributed by atoms with Crippen LogP contribution in [-0.2, 0) is 12.7 Å². The molecular weight excluding hydrogens is 533 g/mol. The molecule has 37 heavy (non-hydrogen) atoms. The third-order valence-electron chi connectivity index (χ3n) is 5.64. The van der Waals surface area contributed by atoms with Crippen molar-refractivity contribution in [3.63, 3.8) is 0 Å². The van der Waals surface area contributed by atoms with Crippen LogP contribution in [0.25, 0.3) is 0 Å². The summed E-state index contributed by atoms with van der Waals surface area (Å²) in [5.74, 6) is -1.26. The smallest absolute Gasteiger partial charge is 0.383 e. The maximum Gasteiger partial charge on any atom is 0.418 e. The number of amides is 2. The average molecular weight is 555 g/mol. The highest BCUT2D eigenvalue weighted by atomic mass is 35.5. The second-order valence-corrected chi connectivity index (χ2v) is 9.80. The lowest BCUT2D eigenvalue weighted by Gasteiger charge is -2.18. The van der Waals surface area contributed by atoms with E-state index in [1.807, 2.05) is 0 Å². The van der Waals surface area contributed by atoms with E-state index in [9.17, 15) is 22.8 Å². The first-order chi connectivity index (χ1) is 17.5. The van der Waals surface area contributed by atoms with E-state index in [1.165, 1.54) is 12.5 Å². The molecule has 0 unspecified atom stereocenters. The van der Waals surface area contributed by atoms with Gasteiger partial charge in [0.15, 0.2) is 0 Å². The first-order valence-electron chi connectivity index (χ1n) is 11.1. The highest BCUT2D eigenvalue weighted by Crippen LogP contribution is 2.35. The number of rotatable bonds is 7. The van der Waals surface area contributed by atoms with Gasteiger partial charge in [-0.3, -0.25) is 14.5 Å². The quantitative estimate of drug-likeness (QED) is 0.399. The molecule has 3 aromatic heterocycles. The number of nitrogens with one attached hydrogen (secondary N) is 2. The molecule has 3 aromatic rings. The van der Waals surface area contributed by atoms with Gasteiger partial charge < -0.3 is 16.4 Å². The molecular formula is C22H22ClF3N8O2S. The van der Waals surface area contributed by atoms with Crippen molar-refractivity contribution in [1.29, 1.82) is 0 Å². The van der Waals surface area contributed by atoms with Crippen molar-refractivity contribution in [2.24, 2.45) is 0 Å². The Morgan fingerprint density at radius 3 is 2.59 bits per heavy atom. The fourth-order valence-electron chi connectivity index (χ4n) is 3.76. The summed E-state index contributed by atoms with van der Waals surface area (Å²) < 4.78 is 39.2. The molecule has 2 amide bonds. The molecule has 1 fully saturated rings. The zero-order valence-corrected chi connectivity index (χ0v) is 21.0. The lowest BCUT2D eigenvalue weighted by molar-refractivity contribution is -0.137. The maximum absolute atomic E-state index is 13.1. The normalized spacial score (nSPS) is 14.9. The molecule has 1 atom stereocenters. The minimum atomic E-state index is -4.70. The van der Waals surface area contributed by atoms with Crippen molar-refractivity contribution in [3.8, 4) is 0 Å². The fourth-order valence-corrected chi connectivity index (χ4v) is 4.79. The molecule has 1 aliphatic rings. The molecule has 4 N–H and O–H groups in total. The van der Waals surface area contributed by atoms with Crippen LogP contribution in [0.4, 0.5) is 24.8 Å². The number of thiazole rings is 1. The van der Waals surface area contributed by atoms with Crippen LogP contribution in [0.15, 0.2) is 24.8 Å². The number of nitrogens with two attached hydrogens (primary N) is 1. The van der Waals surface area contributed by atoms with Crippen LogP contribution in [0.3, 0.4) is 0 Å². The Morgan fingerprint density at radius 2 is 1.89 bits per heavy atom. The Hall–Kier alpha value is -3.36. The second-order valence-electron chi connectivity index (χ2n) is 8.33. The monoisotopic (exact) mass is 554 g/mol. The van der Waals surface area contributed by atoms with E-state index in [4.69, 9.17) is 17.3 Å². The summed E-state index contributed by atoms with van der Waals surface area (Å²) in [6, 6.07) is 0.0541. The third kappa shape index (κ3) is 6.32. The highest BCUT2D eigenvalue weighted by molar-refractivity contribution is 7.13. The van der Waals surface area contributed by atoms with E-state index in [1.54, 1.807) is 6.92 Å². The molecule has 10 nitrogen and oxygen atoms in total. The first-order valence-corrected chi connectivity index (χ1v) is 12.3. The van der Waals surface area contributed by atoms with E-state index in [0.29, 0.717) is 23.2 Å². The van der Waals surface area contributed by atoms with Gasteiger partial charge in [-0.25, -0.2) is 19.9 Å². The number of anilines is 2. The number of alkyl halides is 3. The number of aromatic nitrogens is 4. The lowest BCUT2D eigenvalue weighted by Crippen LogP contribution is -2.30. The zero-order chi connectivity index (χ0) is 26.7. The first kappa shape index (κ1) is 26.7. The molecule has 4 rings (SSSR count). The zero-order valence-electron chi connectivity index (χ0n) is 19.5.